The van der Waals surface area contributed by atoms with Crippen LogP contribution in [-0.2, 0) is 0 Å². The van der Waals surface area contributed by atoms with Gasteiger partial charge in [0.15, 0.2) is 0 Å². The van der Waals surface area contributed by atoms with Gasteiger partial charge in [-0.15, -0.1) is 0 Å². The summed E-state index contributed by atoms with van der Waals surface area (Å²) in [5.41, 5.74) is 2.29. The molecule has 0 atom stereocenters. The fourth-order valence-electron chi connectivity index (χ4n) is 3.67. The van der Waals surface area contributed by atoms with Crippen LogP contribution in [0.1, 0.15) is 18.4 Å². The number of methoxy groups -OCH3 is 1. The Bertz CT molecular complexity index is 529. The van der Waals surface area contributed by atoms with Crippen molar-refractivity contribution < 1.29 is 4.74 Å². The normalized spacial score (nSPS) is 21.4. The monoisotopic (exact) mass is 315 g/mol. The molecule has 2 fully saturated rings. The van der Waals surface area contributed by atoms with Crippen LogP contribution in [0.4, 0.5) is 0 Å². The second kappa shape index (κ2) is 7.37. The molecule has 0 radical (unpaired) electrons. The minimum Gasteiger partial charge on any atom is -0.497 e. The summed E-state index contributed by atoms with van der Waals surface area (Å²) < 4.78 is 5.33. The Labute approximate surface area is 140 Å². The highest BCUT2D eigenvalue weighted by molar-refractivity contribution is 5.63. The smallest absolute Gasteiger partial charge is 0.119 e. The molecular weight excluding hydrogens is 286 g/mol. The van der Waals surface area contributed by atoms with Gasteiger partial charge in [-0.2, -0.15) is 0 Å². The summed E-state index contributed by atoms with van der Waals surface area (Å²) in [5, 5.41) is 0. The van der Waals surface area contributed by atoms with Gasteiger partial charge in [0.1, 0.15) is 5.75 Å². The Morgan fingerprint density at radius 3 is 2.43 bits per heavy atom. The van der Waals surface area contributed by atoms with Gasteiger partial charge in [0.2, 0.25) is 0 Å². The summed E-state index contributed by atoms with van der Waals surface area (Å²) in [6.45, 7) is 11.4. The standard InChI is InChI=1S/C19H29N3O/c1-16(17-5-4-6-19(15-17)23-3)21-9-7-18(8-10-21)22-13-11-20(2)12-14-22/h4-6,15,18H,1,7-14H2,2-3H3. The van der Waals surface area contributed by atoms with Crippen LogP contribution in [0.25, 0.3) is 5.70 Å². The Kier molecular flexibility index (Phi) is 5.23. The number of piperazine rings is 1. The first kappa shape index (κ1) is 16.3. The summed E-state index contributed by atoms with van der Waals surface area (Å²) in [4.78, 5) is 7.54. The zero-order valence-electron chi connectivity index (χ0n) is 14.5. The lowest BCUT2D eigenvalue weighted by Crippen LogP contribution is -2.52. The van der Waals surface area contributed by atoms with Crippen molar-refractivity contribution in [2.24, 2.45) is 0 Å². The maximum atomic E-state index is 5.33. The highest BCUT2D eigenvalue weighted by Crippen LogP contribution is 2.26. The number of likely N-dealkylation sites (tertiary alicyclic amines) is 1. The summed E-state index contributed by atoms with van der Waals surface area (Å²) in [7, 11) is 3.93. The lowest BCUT2D eigenvalue weighted by molar-refractivity contribution is 0.0802. The van der Waals surface area contributed by atoms with Crippen LogP contribution >= 0.6 is 0 Å². The molecule has 4 heteroatoms. The summed E-state index contributed by atoms with van der Waals surface area (Å²) in [5.74, 6) is 0.899. The van der Waals surface area contributed by atoms with Gasteiger partial charge in [0.25, 0.3) is 0 Å². The molecule has 126 valence electrons. The van der Waals surface area contributed by atoms with E-state index >= 15 is 0 Å². The van der Waals surface area contributed by atoms with Crippen molar-refractivity contribution in [3.05, 3.63) is 36.4 Å². The highest BCUT2D eigenvalue weighted by Gasteiger charge is 2.27. The predicted molar refractivity (Wildman–Crippen MR) is 95.7 cm³/mol. The minimum atomic E-state index is 0.748. The van der Waals surface area contributed by atoms with Gasteiger partial charge in [0.05, 0.1) is 7.11 Å². The Balaban J connectivity index is 1.55. The van der Waals surface area contributed by atoms with Crippen molar-refractivity contribution in [2.75, 3.05) is 53.4 Å². The van der Waals surface area contributed by atoms with Crippen molar-refractivity contribution in [1.82, 2.24) is 14.7 Å². The van der Waals surface area contributed by atoms with Crippen molar-refractivity contribution in [3.63, 3.8) is 0 Å². The first-order valence-electron chi connectivity index (χ1n) is 8.68. The molecule has 2 aliphatic heterocycles. The average Bonchev–Trinajstić information content (AvgIpc) is 2.62. The quantitative estimate of drug-likeness (QED) is 0.849. The molecule has 0 aliphatic carbocycles. The van der Waals surface area contributed by atoms with E-state index in [1.807, 2.05) is 12.1 Å². The Morgan fingerprint density at radius 1 is 1.09 bits per heavy atom. The van der Waals surface area contributed by atoms with Crippen LogP contribution in [0.2, 0.25) is 0 Å². The lowest BCUT2D eigenvalue weighted by Gasteiger charge is -2.43. The van der Waals surface area contributed by atoms with Gasteiger partial charge in [-0.25, -0.2) is 0 Å². The van der Waals surface area contributed by atoms with E-state index in [1.54, 1.807) is 7.11 Å². The van der Waals surface area contributed by atoms with Gasteiger partial charge in [-0.3, -0.25) is 4.90 Å². The molecule has 0 spiro atoms. The predicted octanol–water partition coefficient (Wildman–Crippen LogP) is 2.38. The molecule has 0 unspecified atom stereocenters. The van der Waals surface area contributed by atoms with E-state index < -0.39 is 0 Å². The molecule has 1 aromatic carbocycles. The van der Waals surface area contributed by atoms with Gasteiger partial charge < -0.3 is 14.5 Å². The number of benzene rings is 1. The van der Waals surface area contributed by atoms with Crippen LogP contribution in [0.15, 0.2) is 30.8 Å². The van der Waals surface area contributed by atoms with Gasteiger partial charge in [0, 0.05) is 56.6 Å². The van der Waals surface area contributed by atoms with E-state index in [2.05, 4.69) is 40.5 Å². The average molecular weight is 315 g/mol. The molecule has 2 heterocycles. The summed E-state index contributed by atoms with van der Waals surface area (Å²) in [6, 6.07) is 8.97. The molecule has 3 rings (SSSR count). The van der Waals surface area contributed by atoms with Crippen molar-refractivity contribution >= 4 is 5.70 Å². The van der Waals surface area contributed by atoms with E-state index in [0.29, 0.717) is 0 Å². The number of likely N-dealkylation sites (N-methyl/N-ethyl adjacent to an activating group) is 1. The maximum Gasteiger partial charge on any atom is 0.119 e. The minimum absolute atomic E-state index is 0.748. The second-order valence-electron chi connectivity index (χ2n) is 6.74. The van der Waals surface area contributed by atoms with E-state index in [1.165, 1.54) is 44.6 Å². The Morgan fingerprint density at radius 2 is 1.78 bits per heavy atom. The molecule has 2 saturated heterocycles. The fourth-order valence-corrected chi connectivity index (χ4v) is 3.67. The van der Waals surface area contributed by atoms with Crippen molar-refractivity contribution in [1.29, 1.82) is 0 Å². The number of rotatable bonds is 4. The zero-order valence-corrected chi connectivity index (χ0v) is 14.5. The summed E-state index contributed by atoms with van der Waals surface area (Å²) in [6.07, 6.45) is 2.49. The Hall–Kier alpha value is -1.52. The van der Waals surface area contributed by atoms with Crippen molar-refractivity contribution in [3.8, 4) is 5.75 Å². The van der Waals surface area contributed by atoms with Crippen LogP contribution < -0.4 is 4.74 Å². The molecule has 0 aromatic heterocycles. The molecule has 23 heavy (non-hydrogen) atoms. The number of hydrogen-bond acceptors (Lipinski definition) is 4. The van der Waals surface area contributed by atoms with E-state index in [-0.39, 0.29) is 0 Å². The van der Waals surface area contributed by atoms with Crippen LogP contribution in [0.5, 0.6) is 5.75 Å². The SMILES string of the molecule is C=C(c1cccc(OC)c1)N1CCC(N2CCN(C)CC2)CC1. The van der Waals surface area contributed by atoms with E-state index in [4.69, 9.17) is 4.74 Å². The van der Waals surface area contributed by atoms with Crippen LogP contribution in [0, 0.1) is 0 Å². The summed E-state index contributed by atoms with van der Waals surface area (Å²) >= 11 is 0. The van der Waals surface area contributed by atoms with Gasteiger partial charge >= 0.3 is 0 Å². The third-order valence-electron chi connectivity index (χ3n) is 5.30. The van der Waals surface area contributed by atoms with E-state index in [0.717, 1.165) is 30.6 Å². The van der Waals surface area contributed by atoms with Gasteiger partial charge in [-0.1, -0.05) is 18.7 Å². The van der Waals surface area contributed by atoms with E-state index in [9.17, 15) is 0 Å². The lowest BCUT2D eigenvalue weighted by atomic mass is 10.0. The number of nitrogens with zero attached hydrogens (tertiary/aromatic N) is 3. The number of hydrogen-bond donors (Lipinski definition) is 0. The molecule has 0 saturated carbocycles. The largest absolute Gasteiger partial charge is 0.497 e. The molecule has 2 aliphatic rings. The molecular formula is C19H29N3O. The number of ether oxygens (including phenoxy) is 1. The first-order chi connectivity index (χ1) is 11.2. The van der Waals surface area contributed by atoms with Crippen LogP contribution in [-0.4, -0.2) is 74.2 Å². The topological polar surface area (TPSA) is 19.0 Å². The fraction of sp³-hybridized carbons (Fsp3) is 0.579. The molecule has 0 N–H and O–H groups in total. The third-order valence-corrected chi connectivity index (χ3v) is 5.30. The second-order valence-corrected chi connectivity index (χ2v) is 6.74. The van der Waals surface area contributed by atoms with Crippen molar-refractivity contribution in [2.45, 2.75) is 18.9 Å². The number of piperidine rings is 1. The first-order valence-corrected chi connectivity index (χ1v) is 8.68. The zero-order chi connectivity index (χ0) is 16.2. The van der Waals surface area contributed by atoms with Gasteiger partial charge in [-0.05, 0) is 32.0 Å². The molecule has 0 amide bonds. The maximum absolute atomic E-state index is 5.33. The molecule has 4 nitrogen and oxygen atoms in total. The van der Waals surface area contributed by atoms with Crippen LogP contribution in [0.3, 0.4) is 0 Å². The highest BCUT2D eigenvalue weighted by atomic mass is 16.5. The molecule has 0 bridgehead atoms. The molecule has 1 aromatic rings. The third kappa shape index (κ3) is 3.88.